The van der Waals surface area contributed by atoms with Crippen LogP contribution in [0.25, 0.3) is 0 Å². The minimum absolute atomic E-state index is 0.150. The third-order valence-electron chi connectivity index (χ3n) is 3.72. The summed E-state index contributed by atoms with van der Waals surface area (Å²) in [5.41, 5.74) is 0.897. The maximum Gasteiger partial charge on any atom is 0.224 e. The van der Waals surface area contributed by atoms with Gasteiger partial charge in [0.05, 0.1) is 8.07 Å². The summed E-state index contributed by atoms with van der Waals surface area (Å²) in [6.07, 6.45) is 0.666. The van der Waals surface area contributed by atoms with Crippen LogP contribution in [0.4, 0.5) is 5.69 Å². The second-order valence-electron chi connectivity index (χ2n) is 4.93. The van der Waals surface area contributed by atoms with Gasteiger partial charge >= 0.3 is 0 Å². The first-order valence-electron chi connectivity index (χ1n) is 6.44. The number of benzene rings is 1. The SMILES string of the molecule is CC[Si](C)(CC)CCC(=O)Nc1ccccc1. The molecule has 1 amide bonds. The van der Waals surface area contributed by atoms with Crippen molar-refractivity contribution in [1.29, 1.82) is 0 Å². The van der Waals surface area contributed by atoms with Gasteiger partial charge in [0.1, 0.15) is 0 Å². The van der Waals surface area contributed by atoms with Gasteiger partial charge in [0.25, 0.3) is 0 Å². The largest absolute Gasteiger partial charge is 0.326 e. The molecule has 94 valence electrons. The van der Waals surface area contributed by atoms with Gasteiger partial charge in [-0.2, -0.15) is 0 Å². The summed E-state index contributed by atoms with van der Waals surface area (Å²) in [5, 5.41) is 2.95. The Morgan fingerprint density at radius 3 is 2.29 bits per heavy atom. The Hall–Kier alpha value is -1.09. The molecule has 0 aliphatic heterocycles. The van der Waals surface area contributed by atoms with Gasteiger partial charge < -0.3 is 5.32 Å². The van der Waals surface area contributed by atoms with Crippen molar-refractivity contribution in [3.63, 3.8) is 0 Å². The third-order valence-corrected chi connectivity index (χ3v) is 8.59. The van der Waals surface area contributed by atoms with E-state index in [2.05, 4.69) is 25.7 Å². The molecule has 0 atom stereocenters. The summed E-state index contributed by atoms with van der Waals surface area (Å²) in [5.74, 6) is 0.150. The second-order valence-corrected chi connectivity index (χ2v) is 10.5. The first kappa shape index (κ1) is 14.0. The number of nitrogens with one attached hydrogen (secondary N) is 1. The summed E-state index contributed by atoms with van der Waals surface area (Å²) < 4.78 is 0. The molecule has 0 heterocycles. The quantitative estimate of drug-likeness (QED) is 0.754. The second kappa shape index (κ2) is 6.60. The van der Waals surface area contributed by atoms with Crippen LogP contribution in [0, 0.1) is 0 Å². The standard InChI is InChI=1S/C14H23NOSi/c1-4-17(3,5-2)12-11-14(16)15-13-9-7-6-8-10-13/h6-10H,4-5,11-12H2,1-3H3,(H,15,16). The predicted molar refractivity (Wildman–Crippen MR) is 77.1 cm³/mol. The molecular weight excluding hydrogens is 226 g/mol. The Balaban J connectivity index is 2.41. The molecule has 0 aliphatic carbocycles. The minimum atomic E-state index is -1.14. The number of rotatable bonds is 6. The van der Waals surface area contributed by atoms with Gasteiger partial charge in [0, 0.05) is 12.1 Å². The molecule has 0 aliphatic rings. The summed E-state index contributed by atoms with van der Waals surface area (Å²) >= 11 is 0. The van der Waals surface area contributed by atoms with Crippen LogP contribution >= 0.6 is 0 Å². The Labute approximate surface area is 105 Å². The van der Waals surface area contributed by atoms with Crippen molar-refractivity contribution in [1.82, 2.24) is 0 Å². The molecule has 0 aromatic heterocycles. The summed E-state index contributed by atoms with van der Waals surface area (Å²) in [6.45, 7) is 6.90. The first-order chi connectivity index (χ1) is 8.09. The molecule has 1 rings (SSSR count). The highest BCUT2D eigenvalue weighted by Gasteiger charge is 2.22. The highest BCUT2D eigenvalue weighted by molar-refractivity contribution is 6.78. The van der Waals surface area contributed by atoms with E-state index in [0.29, 0.717) is 6.42 Å². The molecule has 0 fully saturated rings. The Morgan fingerprint density at radius 1 is 1.18 bits per heavy atom. The van der Waals surface area contributed by atoms with Gasteiger partial charge in [-0.05, 0) is 18.2 Å². The van der Waals surface area contributed by atoms with Crippen molar-refractivity contribution in [3.05, 3.63) is 30.3 Å². The minimum Gasteiger partial charge on any atom is -0.326 e. The lowest BCUT2D eigenvalue weighted by Gasteiger charge is -2.23. The molecule has 1 N–H and O–H groups in total. The number of hydrogen-bond acceptors (Lipinski definition) is 1. The number of para-hydroxylation sites is 1. The molecule has 1 aromatic rings. The van der Waals surface area contributed by atoms with Crippen LogP contribution in [0.2, 0.25) is 24.7 Å². The zero-order valence-electron chi connectivity index (χ0n) is 11.1. The molecule has 0 saturated carbocycles. The summed E-state index contributed by atoms with van der Waals surface area (Å²) in [4.78, 5) is 11.8. The van der Waals surface area contributed by atoms with E-state index in [1.165, 1.54) is 12.1 Å². The molecule has 0 unspecified atom stereocenters. The summed E-state index contributed by atoms with van der Waals surface area (Å²) in [7, 11) is -1.14. The van der Waals surface area contributed by atoms with Crippen LogP contribution in [0.15, 0.2) is 30.3 Å². The van der Waals surface area contributed by atoms with Crippen molar-refractivity contribution >= 4 is 19.7 Å². The monoisotopic (exact) mass is 249 g/mol. The van der Waals surface area contributed by atoms with E-state index in [9.17, 15) is 4.79 Å². The average molecular weight is 249 g/mol. The van der Waals surface area contributed by atoms with Crippen LogP contribution in [0.1, 0.15) is 20.3 Å². The maximum atomic E-state index is 11.8. The van der Waals surface area contributed by atoms with Crippen molar-refractivity contribution in [2.45, 2.75) is 44.9 Å². The van der Waals surface area contributed by atoms with E-state index in [4.69, 9.17) is 0 Å². The highest BCUT2D eigenvalue weighted by atomic mass is 28.3. The lowest BCUT2D eigenvalue weighted by Crippen LogP contribution is -2.29. The smallest absolute Gasteiger partial charge is 0.224 e. The van der Waals surface area contributed by atoms with Gasteiger partial charge in [-0.1, -0.05) is 50.7 Å². The Bertz CT molecular complexity index is 346. The molecular formula is C14H23NOSi. The number of hydrogen-bond donors (Lipinski definition) is 1. The highest BCUT2D eigenvalue weighted by Crippen LogP contribution is 2.22. The number of anilines is 1. The van der Waals surface area contributed by atoms with Crippen LogP contribution in [0.5, 0.6) is 0 Å². The van der Waals surface area contributed by atoms with Crippen LogP contribution in [-0.4, -0.2) is 14.0 Å². The summed E-state index contributed by atoms with van der Waals surface area (Å²) in [6, 6.07) is 13.3. The molecule has 0 saturated heterocycles. The Morgan fingerprint density at radius 2 is 1.76 bits per heavy atom. The lowest BCUT2D eigenvalue weighted by molar-refractivity contribution is -0.115. The Kier molecular flexibility index (Phi) is 5.42. The number of carbonyl (C=O) groups excluding carboxylic acids is 1. The van der Waals surface area contributed by atoms with Gasteiger partial charge in [0.2, 0.25) is 5.91 Å². The zero-order valence-corrected chi connectivity index (χ0v) is 12.1. The van der Waals surface area contributed by atoms with E-state index in [1.54, 1.807) is 0 Å². The predicted octanol–water partition coefficient (Wildman–Crippen LogP) is 4.13. The van der Waals surface area contributed by atoms with Gasteiger partial charge in [-0.15, -0.1) is 0 Å². The first-order valence-corrected chi connectivity index (χ1v) is 9.56. The van der Waals surface area contributed by atoms with E-state index in [-0.39, 0.29) is 5.91 Å². The van der Waals surface area contributed by atoms with Gasteiger partial charge in [-0.25, -0.2) is 0 Å². The lowest BCUT2D eigenvalue weighted by atomic mass is 10.3. The van der Waals surface area contributed by atoms with Crippen LogP contribution in [0.3, 0.4) is 0 Å². The fourth-order valence-electron chi connectivity index (χ4n) is 1.76. The molecule has 17 heavy (non-hydrogen) atoms. The molecule has 0 bridgehead atoms. The van der Waals surface area contributed by atoms with E-state index >= 15 is 0 Å². The molecule has 2 nitrogen and oxygen atoms in total. The molecule has 3 heteroatoms. The fraction of sp³-hybridized carbons (Fsp3) is 0.500. The van der Waals surface area contributed by atoms with Crippen LogP contribution in [-0.2, 0) is 4.79 Å². The third kappa shape index (κ3) is 4.73. The molecule has 0 spiro atoms. The van der Waals surface area contributed by atoms with Crippen LogP contribution < -0.4 is 5.32 Å². The van der Waals surface area contributed by atoms with E-state index < -0.39 is 8.07 Å². The normalized spacial score (nSPS) is 11.2. The number of carbonyl (C=O) groups is 1. The maximum absolute atomic E-state index is 11.8. The van der Waals surface area contributed by atoms with Crippen molar-refractivity contribution in [2.24, 2.45) is 0 Å². The zero-order chi connectivity index (χ0) is 12.7. The topological polar surface area (TPSA) is 29.1 Å². The van der Waals surface area contributed by atoms with Crippen molar-refractivity contribution < 1.29 is 4.79 Å². The molecule has 0 radical (unpaired) electrons. The van der Waals surface area contributed by atoms with Crippen molar-refractivity contribution in [3.8, 4) is 0 Å². The van der Waals surface area contributed by atoms with E-state index in [0.717, 1.165) is 11.7 Å². The fourth-order valence-corrected chi connectivity index (χ4v) is 3.80. The molecule has 1 aromatic carbocycles. The van der Waals surface area contributed by atoms with E-state index in [1.807, 2.05) is 30.3 Å². The number of amides is 1. The average Bonchev–Trinajstić information content (AvgIpc) is 2.37. The van der Waals surface area contributed by atoms with Crippen molar-refractivity contribution in [2.75, 3.05) is 5.32 Å². The van der Waals surface area contributed by atoms with Gasteiger partial charge in [0.15, 0.2) is 0 Å². The van der Waals surface area contributed by atoms with Gasteiger partial charge in [-0.3, -0.25) is 4.79 Å².